The predicted molar refractivity (Wildman–Crippen MR) is 111 cm³/mol. The Balaban J connectivity index is 2.37. The maximum absolute atomic E-state index is 11.7. The second-order valence-electron chi connectivity index (χ2n) is 7.57. The lowest BCUT2D eigenvalue weighted by Gasteiger charge is -2.21. The van der Waals surface area contributed by atoms with E-state index in [1.807, 2.05) is 24.3 Å². The fraction of sp³-hybridized carbons (Fsp3) is 0.556. The number of alkyl carbamates (subject to hydrolysis) is 1. The minimum Gasteiger partial charge on any atom is -0.444 e. The molecule has 1 aromatic rings. The molecule has 1 rings (SSSR count). The highest BCUT2D eigenvalue weighted by Crippen LogP contribution is 2.10. The molecular formula is C18H31N7O4. The van der Waals surface area contributed by atoms with E-state index in [9.17, 15) is 14.9 Å². The smallest absolute Gasteiger partial charge is 0.414 e. The summed E-state index contributed by atoms with van der Waals surface area (Å²) in [5.74, 6) is -0.657. The fourth-order valence-corrected chi connectivity index (χ4v) is 2.43. The van der Waals surface area contributed by atoms with Crippen LogP contribution < -0.4 is 22.1 Å². The van der Waals surface area contributed by atoms with Crippen molar-refractivity contribution in [2.45, 2.75) is 51.8 Å². The Morgan fingerprint density at radius 1 is 1.38 bits per heavy atom. The zero-order chi connectivity index (χ0) is 22.0. The molecule has 1 unspecified atom stereocenters. The summed E-state index contributed by atoms with van der Waals surface area (Å²) in [7, 11) is 0. The van der Waals surface area contributed by atoms with Crippen molar-refractivity contribution in [2.75, 3.05) is 18.8 Å². The van der Waals surface area contributed by atoms with Gasteiger partial charge in [0.2, 0.25) is 0 Å². The summed E-state index contributed by atoms with van der Waals surface area (Å²) in [5.41, 5.74) is 12.8. The molecule has 162 valence electrons. The topological polar surface area (TPSA) is 173 Å². The number of nitrogens with zero attached hydrogens (tertiary/aromatic N) is 2. The number of rotatable bonds is 9. The molecule has 0 radical (unpaired) electrons. The maximum atomic E-state index is 11.7. The van der Waals surface area contributed by atoms with Gasteiger partial charge < -0.3 is 21.5 Å². The number of hydrogen-bond donors (Lipinski definition) is 5. The summed E-state index contributed by atoms with van der Waals surface area (Å²) in [6.45, 7) is 5.99. The molecule has 0 aromatic heterocycles. The maximum Gasteiger partial charge on any atom is 0.414 e. The molecule has 11 nitrogen and oxygen atoms in total. The molecule has 0 bridgehead atoms. The van der Waals surface area contributed by atoms with Crippen LogP contribution >= 0.6 is 0 Å². The Kier molecular flexibility index (Phi) is 9.29. The predicted octanol–water partition coefficient (Wildman–Crippen LogP) is 1.42. The average Bonchev–Trinajstić information content (AvgIpc) is 2.58. The van der Waals surface area contributed by atoms with Crippen molar-refractivity contribution in [3.05, 3.63) is 39.9 Å². The summed E-state index contributed by atoms with van der Waals surface area (Å²) in [5, 5.41) is 24.0. The summed E-state index contributed by atoms with van der Waals surface area (Å²) in [4.78, 5) is 22.9. The number of nitrogens with one attached hydrogen (secondary N) is 3. The highest BCUT2D eigenvalue weighted by atomic mass is 16.7. The number of ether oxygens (including phenoxy) is 1. The van der Waals surface area contributed by atoms with E-state index in [1.54, 1.807) is 20.8 Å². The van der Waals surface area contributed by atoms with Crippen LogP contribution in [-0.4, -0.2) is 46.8 Å². The van der Waals surface area contributed by atoms with Gasteiger partial charge in [-0.15, -0.1) is 0 Å². The second kappa shape index (κ2) is 11.2. The van der Waals surface area contributed by atoms with E-state index in [1.165, 1.54) is 0 Å². The molecule has 1 atom stereocenters. The number of hydrogen-bond acceptors (Lipinski definition) is 8. The summed E-state index contributed by atoms with van der Waals surface area (Å²) >= 11 is 0. The van der Waals surface area contributed by atoms with Gasteiger partial charge in [0.15, 0.2) is 5.03 Å². The fourth-order valence-electron chi connectivity index (χ4n) is 2.43. The van der Waals surface area contributed by atoms with Gasteiger partial charge in [0, 0.05) is 24.8 Å². The van der Waals surface area contributed by atoms with E-state index in [4.69, 9.17) is 21.6 Å². The summed E-state index contributed by atoms with van der Waals surface area (Å²) < 4.78 is 4.99. The van der Waals surface area contributed by atoms with Gasteiger partial charge in [0.05, 0.1) is 6.54 Å². The lowest BCUT2D eigenvalue weighted by atomic mass is 10.1. The van der Waals surface area contributed by atoms with Crippen LogP contribution in [-0.2, 0) is 11.3 Å². The molecule has 0 aliphatic rings. The monoisotopic (exact) mass is 409 g/mol. The number of carbonyl (C=O) groups excluding carboxylic acids is 1. The van der Waals surface area contributed by atoms with Crippen molar-refractivity contribution in [3.63, 3.8) is 0 Å². The lowest BCUT2D eigenvalue weighted by molar-refractivity contribution is -0.630. The van der Waals surface area contributed by atoms with Crippen molar-refractivity contribution in [2.24, 2.45) is 5.73 Å². The van der Waals surface area contributed by atoms with Crippen molar-refractivity contribution in [3.8, 4) is 0 Å². The van der Waals surface area contributed by atoms with Gasteiger partial charge in [-0.2, -0.15) is 0 Å². The van der Waals surface area contributed by atoms with Crippen molar-refractivity contribution < 1.29 is 14.6 Å². The molecule has 0 aliphatic carbocycles. The zero-order valence-electron chi connectivity index (χ0n) is 17.1. The van der Waals surface area contributed by atoms with Crippen LogP contribution in [0.1, 0.15) is 39.2 Å². The highest BCUT2D eigenvalue weighted by molar-refractivity contribution is 5.91. The zero-order valence-corrected chi connectivity index (χ0v) is 17.1. The Bertz CT molecular complexity index is 706. The molecule has 0 fully saturated rings. The number of benzene rings is 1. The molecule has 7 N–H and O–H groups in total. The van der Waals surface area contributed by atoms with Crippen LogP contribution in [0.25, 0.3) is 0 Å². The van der Waals surface area contributed by atoms with Crippen LogP contribution in [0, 0.1) is 15.5 Å². The summed E-state index contributed by atoms with van der Waals surface area (Å²) in [6, 6.07) is 7.29. The Morgan fingerprint density at radius 2 is 2.03 bits per heavy atom. The van der Waals surface area contributed by atoms with Crippen LogP contribution in [0.4, 0.5) is 10.5 Å². The van der Waals surface area contributed by atoms with E-state index in [0.717, 1.165) is 5.56 Å². The Labute approximate surface area is 170 Å². The Morgan fingerprint density at radius 3 is 2.62 bits per heavy atom. The Hall–Kier alpha value is -2.92. The van der Waals surface area contributed by atoms with Gasteiger partial charge in [-0.3, -0.25) is 10.7 Å². The number of nitrogen functional groups attached to an aromatic ring is 1. The molecule has 0 aliphatic heterocycles. The molecule has 0 heterocycles. The van der Waals surface area contributed by atoms with Gasteiger partial charge in [-0.25, -0.2) is 14.9 Å². The largest absolute Gasteiger partial charge is 0.444 e. The number of nitrogens with two attached hydrogens (primary N) is 2. The van der Waals surface area contributed by atoms with Crippen molar-refractivity contribution >= 4 is 17.7 Å². The van der Waals surface area contributed by atoms with E-state index in [-0.39, 0.29) is 12.6 Å². The number of hydrazine groups is 1. The van der Waals surface area contributed by atoms with E-state index in [0.29, 0.717) is 36.6 Å². The number of para-hydroxylation sites is 1. The van der Waals surface area contributed by atoms with Crippen molar-refractivity contribution in [1.82, 2.24) is 15.6 Å². The van der Waals surface area contributed by atoms with Gasteiger partial charge in [-0.1, -0.05) is 23.2 Å². The van der Waals surface area contributed by atoms with Gasteiger partial charge >= 0.3 is 6.09 Å². The number of amides is 1. The number of carbonyl (C=O) groups is 1. The lowest BCUT2D eigenvalue weighted by Crippen LogP contribution is -2.48. The third-order valence-electron chi connectivity index (χ3n) is 3.80. The molecular weight excluding hydrogens is 378 g/mol. The first-order valence-corrected chi connectivity index (χ1v) is 9.29. The first-order chi connectivity index (χ1) is 13.5. The number of guanidine groups is 1. The highest BCUT2D eigenvalue weighted by Gasteiger charge is 2.25. The van der Waals surface area contributed by atoms with Crippen LogP contribution in [0.5, 0.6) is 0 Å². The molecule has 0 spiro atoms. The van der Waals surface area contributed by atoms with Gasteiger partial charge in [-0.05, 0) is 45.2 Å². The van der Waals surface area contributed by atoms with Crippen molar-refractivity contribution in [1.29, 1.82) is 5.41 Å². The minimum atomic E-state index is -0.921. The number of anilines is 1. The average molecular weight is 409 g/mol. The molecule has 0 saturated heterocycles. The molecule has 1 amide bonds. The molecule has 11 heteroatoms. The third kappa shape index (κ3) is 9.72. The van der Waals surface area contributed by atoms with E-state index in [2.05, 4.69) is 10.6 Å². The van der Waals surface area contributed by atoms with E-state index >= 15 is 0 Å². The minimum absolute atomic E-state index is 0.0685. The van der Waals surface area contributed by atoms with Gasteiger partial charge in [0.25, 0.3) is 5.96 Å². The van der Waals surface area contributed by atoms with Crippen LogP contribution in [0.15, 0.2) is 24.3 Å². The summed E-state index contributed by atoms with van der Waals surface area (Å²) in [6.07, 6.45) is -0.0489. The first kappa shape index (κ1) is 24.1. The molecule has 1 aromatic carbocycles. The number of nitro groups is 1. The normalized spacial score (nSPS) is 12.1. The quantitative estimate of drug-likeness (QED) is 0.134. The van der Waals surface area contributed by atoms with E-state index < -0.39 is 22.7 Å². The molecule has 0 saturated carbocycles. The molecule has 29 heavy (non-hydrogen) atoms. The third-order valence-corrected chi connectivity index (χ3v) is 3.80. The SMILES string of the molecule is CC(C)(C)OC(=O)NC(=N)N(CCCC(N)CNCc1ccccc1N)[N+](=O)[O-]. The standard InChI is InChI=1S/C18H31N7O4/c1-18(2,3)29-17(26)23-16(21)24(25(27)28)10-6-8-14(19)12-22-11-13-7-4-5-9-15(13)20/h4-5,7,9,14,22H,6,8,10-12,19-20H2,1-3H3,(H2,21,23,26). The second-order valence-corrected chi connectivity index (χ2v) is 7.57. The first-order valence-electron chi connectivity index (χ1n) is 9.29. The van der Waals surface area contributed by atoms with Crippen LogP contribution in [0.3, 0.4) is 0 Å². The van der Waals surface area contributed by atoms with Gasteiger partial charge in [0.1, 0.15) is 5.60 Å². The van der Waals surface area contributed by atoms with Crippen LogP contribution in [0.2, 0.25) is 0 Å².